The normalized spacial score (nSPS) is 28.3. The van der Waals surface area contributed by atoms with Gasteiger partial charge in [0, 0.05) is 6.61 Å². The van der Waals surface area contributed by atoms with Gasteiger partial charge in [-0.25, -0.2) is 4.98 Å². The van der Waals surface area contributed by atoms with Crippen molar-refractivity contribution in [3.63, 3.8) is 0 Å². The third-order valence-electron chi connectivity index (χ3n) is 3.64. The number of pyridine rings is 1. The summed E-state index contributed by atoms with van der Waals surface area (Å²) in [5, 5.41) is 3.52. The van der Waals surface area contributed by atoms with Crippen molar-refractivity contribution in [3.05, 3.63) is 17.8 Å². The van der Waals surface area contributed by atoms with Crippen LogP contribution in [0, 0.1) is 12.8 Å². The number of hydrogen-bond donors (Lipinski definition) is 2. The number of nitrogens with one attached hydrogen (secondary N) is 1. The molecule has 4 nitrogen and oxygen atoms in total. The average molecular weight is 233 g/mol. The minimum absolute atomic E-state index is 0.383. The summed E-state index contributed by atoms with van der Waals surface area (Å²) in [5.41, 5.74) is 7.53. The van der Waals surface area contributed by atoms with Crippen molar-refractivity contribution in [1.29, 1.82) is 0 Å². The first kappa shape index (κ1) is 10.8. The third kappa shape index (κ3) is 2.22. The molecule has 4 heteroatoms. The van der Waals surface area contributed by atoms with Crippen LogP contribution in [0.3, 0.4) is 0 Å². The van der Waals surface area contributed by atoms with Crippen molar-refractivity contribution in [2.45, 2.75) is 38.3 Å². The Hall–Kier alpha value is -1.29. The van der Waals surface area contributed by atoms with Crippen molar-refractivity contribution in [2.24, 2.45) is 5.92 Å². The SMILES string of the molecule is Cc1cc(N)cnc1NC1CCOC1C1CC1. The molecule has 2 aliphatic rings. The van der Waals surface area contributed by atoms with E-state index in [9.17, 15) is 0 Å². The fourth-order valence-electron chi connectivity index (χ4n) is 2.58. The summed E-state index contributed by atoms with van der Waals surface area (Å²) >= 11 is 0. The van der Waals surface area contributed by atoms with Gasteiger partial charge in [-0.2, -0.15) is 0 Å². The zero-order chi connectivity index (χ0) is 11.8. The van der Waals surface area contributed by atoms with Gasteiger partial charge in [0.1, 0.15) is 5.82 Å². The summed E-state index contributed by atoms with van der Waals surface area (Å²) in [6, 6.07) is 2.37. The van der Waals surface area contributed by atoms with Crippen LogP contribution in [0.4, 0.5) is 11.5 Å². The van der Waals surface area contributed by atoms with Gasteiger partial charge < -0.3 is 15.8 Å². The highest BCUT2D eigenvalue weighted by Crippen LogP contribution is 2.39. The molecule has 2 fully saturated rings. The average Bonchev–Trinajstić information content (AvgIpc) is 3.03. The van der Waals surface area contributed by atoms with E-state index in [1.807, 2.05) is 13.0 Å². The smallest absolute Gasteiger partial charge is 0.129 e. The molecule has 92 valence electrons. The molecule has 3 N–H and O–H groups in total. The van der Waals surface area contributed by atoms with Gasteiger partial charge >= 0.3 is 0 Å². The predicted octanol–water partition coefficient (Wildman–Crippen LogP) is 1.95. The Morgan fingerprint density at radius 2 is 2.24 bits per heavy atom. The van der Waals surface area contributed by atoms with Crippen molar-refractivity contribution in [1.82, 2.24) is 4.98 Å². The molecule has 2 heterocycles. The highest BCUT2D eigenvalue weighted by molar-refractivity contribution is 5.51. The largest absolute Gasteiger partial charge is 0.397 e. The number of anilines is 2. The van der Waals surface area contributed by atoms with Crippen LogP contribution in [0.2, 0.25) is 0 Å². The minimum atomic E-state index is 0.383. The van der Waals surface area contributed by atoms with Gasteiger partial charge in [0.25, 0.3) is 0 Å². The first-order valence-corrected chi connectivity index (χ1v) is 6.34. The molecule has 1 saturated heterocycles. The number of nitrogens with two attached hydrogens (primary N) is 1. The van der Waals surface area contributed by atoms with Crippen molar-refractivity contribution in [3.8, 4) is 0 Å². The number of ether oxygens (including phenoxy) is 1. The van der Waals surface area contributed by atoms with Crippen LogP contribution < -0.4 is 11.1 Å². The van der Waals surface area contributed by atoms with Gasteiger partial charge in [-0.1, -0.05) is 0 Å². The summed E-state index contributed by atoms with van der Waals surface area (Å²) in [7, 11) is 0. The summed E-state index contributed by atoms with van der Waals surface area (Å²) in [6.07, 6.45) is 5.80. The van der Waals surface area contributed by atoms with E-state index in [1.165, 1.54) is 12.8 Å². The number of hydrogen-bond acceptors (Lipinski definition) is 4. The van der Waals surface area contributed by atoms with E-state index in [0.29, 0.717) is 12.1 Å². The van der Waals surface area contributed by atoms with Crippen LogP contribution in [0.25, 0.3) is 0 Å². The van der Waals surface area contributed by atoms with E-state index in [-0.39, 0.29) is 0 Å². The molecular weight excluding hydrogens is 214 g/mol. The van der Waals surface area contributed by atoms with Crippen molar-refractivity contribution < 1.29 is 4.74 Å². The Morgan fingerprint density at radius 3 is 2.94 bits per heavy atom. The molecular formula is C13H19N3O. The van der Waals surface area contributed by atoms with Gasteiger partial charge in [0.2, 0.25) is 0 Å². The summed E-state index contributed by atoms with van der Waals surface area (Å²) < 4.78 is 5.81. The second kappa shape index (κ2) is 4.18. The van der Waals surface area contributed by atoms with Gasteiger partial charge in [0.15, 0.2) is 0 Å². The molecule has 1 aromatic heterocycles. The molecule has 3 rings (SSSR count). The lowest BCUT2D eigenvalue weighted by Gasteiger charge is -2.21. The molecule has 0 bridgehead atoms. The number of aromatic nitrogens is 1. The van der Waals surface area contributed by atoms with Crippen molar-refractivity contribution >= 4 is 11.5 Å². The Bertz CT molecular complexity index is 417. The van der Waals surface area contributed by atoms with E-state index in [2.05, 4.69) is 10.3 Å². The Morgan fingerprint density at radius 1 is 1.41 bits per heavy atom. The van der Waals surface area contributed by atoms with E-state index in [0.717, 1.165) is 36.0 Å². The zero-order valence-electron chi connectivity index (χ0n) is 10.1. The molecule has 0 amide bonds. The summed E-state index contributed by atoms with van der Waals surface area (Å²) in [5.74, 6) is 1.71. The molecule has 0 spiro atoms. The number of rotatable bonds is 3. The Kier molecular flexibility index (Phi) is 2.67. The lowest BCUT2D eigenvalue weighted by molar-refractivity contribution is 0.0898. The topological polar surface area (TPSA) is 60.2 Å². The Labute approximate surface area is 102 Å². The highest BCUT2D eigenvalue weighted by Gasteiger charge is 2.40. The maximum Gasteiger partial charge on any atom is 0.129 e. The summed E-state index contributed by atoms with van der Waals surface area (Å²) in [4.78, 5) is 4.36. The second-order valence-electron chi connectivity index (χ2n) is 5.15. The fourth-order valence-corrected chi connectivity index (χ4v) is 2.58. The van der Waals surface area contributed by atoms with Gasteiger partial charge in [-0.3, -0.25) is 0 Å². The fraction of sp³-hybridized carbons (Fsp3) is 0.615. The first-order valence-electron chi connectivity index (χ1n) is 6.34. The molecule has 1 saturated carbocycles. The van der Waals surface area contributed by atoms with Crippen LogP contribution in [0.15, 0.2) is 12.3 Å². The van der Waals surface area contributed by atoms with Crippen LogP contribution in [-0.4, -0.2) is 23.7 Å². The Balaban J connectivity index is 1.72. The van der Waals surface area contributed by atoms with Crippen LogP contribution in [0.1, 0.15) is 24.8 Å². The maximum atomic E-state index is 5.81. The van der Waals surface area contributed by atoms with E-state index < -0.39 is 0 Å². The highest BCUT2D eigenvalue weighted by atomic mass is 16.5. The molecule has 0 aromatic carbocycles. The summed E-state index contributed by atoms with van der Waals surface area (Å²) in [6.45, 7) is 2.90. The quantitative estimate of drug-likeness (QED) is 0.837. The zero-order valence-corrected chi connectivity index (χ0v) is 10.1. The maximum absolute atomic E-state index is 5.81. The molecule has 2 atom stereocenters. The van der Waals surface area contributed by atoms with Gasteiger partial charge in [-0.05, 0) is 43.7 Å². The first-order chi connectivity index (χ1) is 8.24. The number of nitrogen functional groups attached to an aromatic ring is 1. The molecule has 0 radical (unpaired) electrons. The predicted molar refractivity (Wildman–Crippen MR) is 67.9 cm³/mol. The van der Waals surface area contributed by atoms with E-state index in [1.54, 1.807) is 6.20 Å². The monoisotopic (exact) mass is 233 g/mol. The third-order valence-corrected chi connectivity index (χ3v) is 3.64. The lowest BCUT2D eigenvalue weighted by Crippen LogP contribution is -2.31. The standard InChI is InChI=1S/C13H19N3O/c1-8-6-10(14)7-15-13(8)16-11-4-5-17-12(11)9-2-3-9/h6-7,9,11-12H,2-5,14H2,1H3,(H,15,16). The van der Waals surface area contributed by atoms with Crippen LogP contribution in [0.5, 0.6) is 0 Å². The molecule has 2 unspecified atom stereocenters. The van der Waals surface area contributed by atoms with E-state index in [4.69, 9.17) is 10.5 Å². The molecule has 1 aromatic rings. The number of nitrogens with zero attached hydrogens (tertiary/aromatic N) is 1. The molecule has 17 heavy (non-hydrogen) atoms. The number of aryl methyl sites for hydroxylation is 1. The van der Waals surface area contributed by atoms with Crippen LogP contribution >= 0.6 is 0 Å². The van der Waals surface area contributed by atoms with Crippen molar-refractivity contribution in [2.75, 3.05) is 17.7 Å². The molecule has 1 aliphatic carbocycles. The second-order valence-corrected chi connectivity index (χ2v) is 5.15. The van der Waals surface area contributed by atoms with Gasteiger partial charge in [-0.15, -0.1) is 0 Å². The lowest BCUT2D eigenvalue weighted by atomic mass is 10.1. The molecule has 1 aliphatic heterocycles. The van der Waals surface area contributed by atoms with E-state index >= 15 is 0 Å². The van der Waals surface area contributed by atoms with Gasteiger partial charge in [0.05, 0.1) is 24.0 Å². The minimum Gasteiger partial charge on any atom is -0.397 e. The van der Waals surface area contributed by atoms with Crippen LogP contribution in [-0.2, 0) is 4.74 Å².